The Morgan fingerprint density at radius 1 is 1.37 bits per heavy atom. The quantitative estimate of drug-likeness (QED) is 0.734. The van der Waals surface area contributed by atoms with E-state index in [1.165, 1.54) is 0 Å². The van der Waals surface area contributed by atoms with Crippen LogP contribution in [-0.2, 0) is 14.8 Å². The number of halogens is 1. The second-order valence-electron chi connectivity index (χ2n) is 4.23. The van der Waals surface area contributed by atoms with Crippen LogP contribution in [0.1, 0.15) is 24.8 Å². The van der Waals surface area contributed by atoms with Crippen molar-refractivity contribution in [1.82, 2.24) is 4.72 Å². The second-order valence-corrected chi connectivity index (χ2v) is 6.85. The molecule has 0 saturated heterocycles. The van der Waals surface area contributed by atoms with Crippen LogP contribution in [0, 0.1) is 6.92 Å². The lowest BCUT2D eigenvalue weighted by Crippen LogP contribution is -2.25. The summed E-state index contributed by atoms with van der Waals surface area (Å²) in [5, 5.41) is 0. The van der Waals surface area contributed by atoms with Crippen LogP contribution in [0.4, 0.5) is 0 Å². The number of amides is 1. The summed E-state index contributed by atoms with van der Waals surface area (Å²) in [4.78, 5) is 10.8. The first-order valence-corrected chi connectivity index (χ1v) is 8.14. The standard InChI is InChI=1S/C12H17BrN2O3S/c1-9-8-10(5-6-11(9)13)19(17,18)15-7-3-2-4-12(14)16/h5-6,8,15H,2-4,7H2,1H3,(H2,14,16). The number of hydrogen-bond donors (Lipinski definition) is 2. The molecule has 0 aliphatic rings. The van der Waals surface area contributed by atoms with Crippen LogP contribution in [0.5, 0.6) is 0 Å². The number of aryl methyl sites for hydroxylation is 1. The summed E-state index contributed by atoms with van der Waals surface area (Å²) >= 11 is 3.32. The van der Waals surface area contributed by atoms with Gasteiger partial charge in [0.1, 0.15) is 0 Å². The molecule has 0 atom stereocenters. The fourth-order valence-electron chi connectivity index (χ4n) is 1.50. The molecule has 0 saturated carbocycles. The van der Waals surface area contributed by atoms with E-state index >= 15 is 0 Å². The number of hydrogen-bond acceptors (Lipinski definition) is 3. The van der Waals surface area contributed by atoms with Gasteiger partial charge in [-0.1, -0.05) is 15.9 Å². The monoisotopic (exact) mass is 348 g/mol. The van der Waals surface area contributed by atoms with Crippen molar-refractivity contribution in [2.75, 3.05) is 6.54 Å². The van der Waals surface area contributed by atoms with E-state index in [-0.39, 0.29) is 17.2 Å². The number of benzene rings is 1. The molecule has 0 fully saturated rings. The maximum absolute atomic E-state index is 12.0. The van der Waals surface area contributed by atoms with Gasteiger partial charge < -0.3 is 5.73 Å². The lowest BCUT2D eigenvalue weighted by atomic mass is 10.2. The number of rotatable bonds is 7. The molecule has 0 aliphatic carbocycles. The van der Waals surface area contributed by atoms with Crippen molar-refractivity contribution < 1.29 is 13.2 Å². The normalized spacial score (nSPS) is 11.5. The smallest absolute Gasteiger partial charge is 0.240 e. The summed E-state index contributed by atoms with van der Waals surface area (Å²) in [6, 6.07) is 4.86. The molecule has 3 N–H and O–H groups in total. The third kappa shape index (κ3) is 5.30. The highest BCUT2D eigenvalue weighted by Gasteiger charge is 2.13. The van der Waals surface area contributed by atoms with Crippen LogP contribution >= 0.6 is 15.9 Å². The topological polar surface area (TPSA) is 89.3 Å². The van der Waals surface area contributed by atoms with Crippen molar-refractivity contribution in [3.05, 3.63) is 28.2 Å². The van der Waals surface area contributed by atoms with Gasteiger partial charge in [0.15, 0.2) is 0 Å². The van der Waals surface area contributed by atoms with Gasteiger partial charge in [0, 0.05) is 17.4 Å². The molecule has 1 rings (SSSR count). The highest BCUT2D eigenvalue weighted by molar-refractivity contribution is 9.10. The minimum atomic E-state index is -3.49. The van der Waals surface area contributed by atoms with Crippen molar-refractivity contribution in [3.63, 3.8) is 0 Å². The minimum Gasteiger partial charge on any atom is -0.370 e. The van der Waals surface area contributed by atoms with Crippen molar-refractivity contribution in [2.24, 2.45) is 5.73 Å². The summed E-state index contributed by atoms with van der Waals surface area (Å²) in [7, 11) is -3.49. The zero-order valence-corrected chi connectivity index (χ0v) is 13.1. The van der Waals surface area contributed by atoms with Gasteiger partial charge in [-0.2, -0.15) is 0 Å². The van der Waals surface area contributed by atoms with E-state index in [1.54, 1.807) is 18.2 Å². The lowest BCUT2D eigenvalue weighted by molar-refractivity contribution is -0.118. The van der Waals surface area contributed by atoms with Crippen LogP contribution in [0.2, 0.25) is 0 Å². The highest BCUT2D eigenvalue weighted by atomic mass is 79.9. The molecule has 0 bridgehead atoms. The third-order valence-corrected chi connectivity index (χ3v) is 4.93. The second kappa shape index (κ2) is 7.02. The summed E-state index contributed by atoms with van der Waals surface area (Å²) < 4.78 is 27.3. The third-order valence-electron chi connectivity index (χ3n) is 2.58. The van der Waals surface area contributed by atoms with E-state index < -0.39 is 10.0 Å². The summed E-state index contributed by atoms with van der Waals surface area (Å²) in [6.07, 6.45) is 1.44. The van der Waals surface area contributed by atoms with Crippen molar-refractivity contribution in [1.29, 1.82) is 0 Å². The van der Waals surface area contributed by atoms with E-state index in [1.807, 2.05) is 6.92 Å². The van der Waals surface area contributed by atoms with E-state index in [9.17, 15) is 13.2 Å². The number of sulfonamides is 1. The average molecular weight is 349 g/mol. The van der Waals surface area contributed by atoms with Crippen molar-refractivity contribution in [2.45, 2.75) is 31.1 Å². The molecule has 0 spiro atoms. The van der Waals surface area contributed by atoms with Gasteiger partial charge in [-0.05, 0) is 43.5 Å². The number of carbonyl (C=O) groups is 1. The minimum absolute atomic E-state index is 0.239. The number of nitrogens with two attached hydrogens (primary N) is 1. The van der Waals surface area contributed by atoms with E-state index in [2.05, 4.69) is 20.7 Å². The van der Waals surface area contributed by atoms with E-state index in [0.29, 0.717) is 19.4 Å². The molecule has 0 unspecified atom stereocenters. The maximum atomic E-state index is 12.0. The molecule has 1 amide bonds. The molecular formula is C12H17BrN2O3S. The van der Waals surface area contributed by atoms with Gasteiger partial charge in [-0.3, -0.25) is 4.79 Å². The fraction of sp³-hybridized carbons (Fsp3) is 0.417. The lowest BCUT2D eigenvalue weighted by Gasteiger charge is -2.08. The summed E-state index contributed by atoms with van der Waals surface area (Å²) in [5.41, 5.74) is 5.86. The first-order valence-electron chi connectivity index (χ1n) is 5.87. The summed E-state index contributed by atoms with van der Waals surface area (Å²) in [5.74, 6) is -0.369. The van der Waals surface area contributed by atoms with Crippen LogP contribution in [0.15, 0.2) is 27.6 Å². The molecule has 19 heavy (non-hydrogen) atoms. The Balaban J connectivity index is 2.56. The Bertz CT molecular complexity index is 558. The van der Waals surface area contributed by atoms with Gasteiger partial charge >= 0.3 is 0 Å². The van der Waals surface area contributed by atoms with Crippen molar-refractivity contribution >= 4 is 31.9 Å². The fourth-order valence-corrected chi connectivity index (χ4v) is 2.90. The van der Waals surface area contributed by atoms with E-state index in [4.69, 9.17) is 5.73 Å². The average Bonchev–Trinajstić information content (AvgIpc) is 2.31. The molecular weight excluding hydrogens is 332 g/mol. The van der Waals surface area contributed by atoms with Gasteiger partial charge in [0.05, 0.1) is 4.90 Å². The Kier molecular flexibility index (Phi) is 5.96. The molecule has 7 heteroatoms. The zero-order valence-electron chi connectivity index (χ0n) is 10.6. The van der Waals surface area contributed by atoms with Crippen LogP contribution in [0.25, 0.3) is 0 Å². The van der Waals surface area contributed by atoms with Crippen LogP contribution < -0.4 is 10.5 Å². The summed E-state index contributed by atoms with van der Waals surface area (Å²) in [6.45, 7) is 2.13. The molecule has 0 aromatic heterocycles. The highest BCUT2D eigenvalue weighted by Crippen LogP contribution is 2.19. The molecule has 5 nitrogen and oxygen atoms in total. The molecule has 0 radical (unpaired) electrons. The van der Waals surface area contributed by atoms with Gasteiger partial charge in [-0.15, -0.1) is 0 Å². The van der Waals surface area contributed by atoms with Gasteiger partial charge in [0.25, 0.3) is 0 Å². The van der Waals surface area contributed by atoms with Crippen LogP contribution in [0.3, 0.4) is 0 Å². The number of primary amides is 1. The molecule has 1 aromatic rings. The van der Waals surface area contributed by atoms with Gasteiger partial charge in [-0.25, -0.2) is 13.1 Å². The number of nitrogens with one attached hydrogen (secondary N) is 1. The van der Waals surface area contributed by atoms with Crippen molar-refractivity contribution in [3.8, 4) is 0 Å². The SMILES string of the molecule is Cc1cc(S(=O)(=O)NCCCCC(N)=O)ccc1Br. The zero-order chi connectivity index (χ0) is 14.5. The Labute approximate surface area is 121 Å². The molecule has 0 aliphatic heterocycles. The Morgan fingerprint density at radius 2 is 2.05 bits per heavy atom. The van der Waals surface area contributed by atoms with Crippen LogP contribution in [-0.4, -0.2) is 20.9 Å². The number of unbranched alkanes of at least 4 members (excludes halogenated alkanes) is 1. The van der Waals surface area contributed by atoms with Gasteiger partial charge in [0.2, 0.25) is 15.9 Å². The Hall–Kier alpha value is -0.920. The first kappa shape index (κ1) is 16.1. The largest absolute Gasteiger partial charge is 0.370 e. The molecule has 1 aromatic carbocycles. The molecule has 0 heterocycles. The predicted molar refractivity (Wildman–Crippen MR) is 77.1 cm³/mol. The first-order chi connectivity index (χ1) is 8.83. The Morgan fingerprint density at radius 3 is 2.63 bits per heavy atom. The maximum Gasteiger partial charge on any atom is 0.240 e. The predicted octanol–water partition coefficient (Wildman–Crippen LogP) is 1.69. The van der Waals surface area contributed by atoms with E-state index in [0.717, 1.165) is 10.0 Å². The molecule has 106 valence electrons. The number of carbonyl (C=O) groups excluding carboxylic acids is 1.